The minimum atomic E-state index is -0.957. The largest absolute Gasteiger partial charge is 0.351 e. The third-order valence-electron chi connectivity index (χ3n) is 7.84. The van der Waals surface area contributed by atoms with E-state index in [-0.39, 0.29) is 23.8 Å². The highest BCUT2D eigenvalue weighted by Crippen LogP contribution is 2.34. The number of nitrogens with one attached hydrogen (secondary N) is 1. The normalized spacial score (nSPS) is 22.3. The lowest BCUT2D eigenvalue weighted by molar-refractivity contribution is -0.133. The number of amides is 2. The van der Waals surface area contributed by atoms with Crippen LogP contribution in [0.5, 0.6) is 0 Å². The van der Waals surface area contributed by atoms with Gasteiger partial charge >= 0.3 is 0 Å². The van der Waals surface area contributed by atoms with Crippen LogP contribution in [0.4, 0.5) is 0 Å². The maximum Gasteiger partial charge on any atom is 0.271 e. The molecule has 1 aliphatic carbocycles. The number of fused-ring (bicyclic) bond motifs is 3. The summed E-state index contributed by atoms with van der Waals surface area (Å²) in [6.45, 7) is 5.05. The van der Waals surface area contributed by atoms with Gasteiger partial charge in [-0.3, -0.25) is 9.59 Å². The Labute approximate surface area is 202 Å². The van der Waals surface area contributed by atoms with E-state index in [9.17, 15) is 9.59 Å². The second-order valence-corrected chi connectivity index (χ2v) is 10.3. The Balaban J connectivity index is 1.51. The summed E-state index contributed by atoms with van der Waals surface area (Å²) in [6.07, 6.45) is 6.83. The molecule has 2 amide bonds. The molecule has 5 rings (SSSR count). The fourth-order valence-corrected chi connectivity index (χ4v) is 5.72. The number of carbonyl (C=O) groups is 2. The van der Waals surface area contributed by atoms with Crippen molar-refractivity contribution >= 4 is 22.7 Å². The van der Waals surface area contributed by atoms with E-state index in [0.717, 1.165) is 36.6 Å². The van der Waals surface area contributed by atoms with Crippen molar-refractivity contribution in [2.75, 3.05) is 6.54 Å². The smallest absolute Gasteiger partial charge is 0.271 e. The minimum Gasteiger partial charge on any atom is -0.351 e. The average molecular weight is 458 g/mol. The first kappa shape index (κ1) is 22.7. The lowest BCUT2D eigenvalue weighted by atomic mass is 9.91. The van der Waals surface area contributed by atoms with Crippen molar-refractivity contribution in [2.45, 2.75) is 76.4 Å². The van der Waals surface area contributed by atoms with Crippen molar-refractivity contribution < 1.29 is 9.59 Å². The van der Waals surface area contributed by atoms with Gasteiger partial charge in [0.15, 0.2) is 0 Å². The predicted molar refractivity (Wildman–Crippen MR) is 136 cm³/mol. The Morgan fingerprint density at radius 2 is 1.71 bits per heavy atom. The zero-order valence-electron chi connectivity index (χ0n) is 20.3. The number of rotatable bonds is 5. The maximum atomic E-state index is 13.9. The Morgan fingerprint density at radius 1 is 1.03 bits per heavy atom. The van der Waals surface area contributed by atoms with Gasteiger partial charge in [0.1, 0.15) is 11.2 Å². The van der Waals surface area contributed by atoms with Crippen molar-refractivity contribution in [3.63, 3.8) is 0 Å². The molecule has 0 saturated heterocycles. The highest BCUT2D eigenvalue weighted by molar-refractivity contribution is 6.03. The molecule has 2 heterocycles. The topological polar surface area (TPSA) is 54.3 Å². The number of hydrogen-bond acceptors (Lipinski definition) is 2. The van der Waals surface area contributed by atoms with Crippen LogP contribution in [0.3, 0.4) is 0 Å². The molecule has 5 heteroatoms. The molecule has 3 aromatic rings. The van der Waals surface area contributed by atoms with Gasteiger partial charge in [0, 0.05) is 23.5 Å². The lowest BCUT2D eigenvalue weighted by Crippen LogP contribution is -2.65. The molecule has 2 aliphatic rings. The van der Waals surface area contributed by atoms with Crippen molar-refractivity contribution in [2.24, 2.45) is 0 Å². The third kappa shape index (κ3) is 4.13. The molecular formula is C29H35N3O2. The van der Waals surface area contributed by atoms with Gasteiger partial charge in [-0.2, -0.15) is 0 Å². The minimum absolute atomic E-state index is 0.0311. The molecule has 0 unspecified atom stereocenters. The quantitative estimate of drug-likeness (QED) is 0.515. The van der Waals surface area contributed by atoms with Crippen molar-refractivity contribution in [3.8, 4) is 0 Å². The summed E-state index contributed by atoms with van der Waals surface area (Å²) in [5.41, 5.74) is 1.89. The molecule has 1 aliphatic heterocycles. The van der Waals surface area contributed by atoms with Gasteiger partial charge in [-0.25, -0.2) is 0 Å². The molecule has 1 saturated carbocycles. The SMILES string of the molecule is C[C@H](CN1C(=O)c2cc3ccccc3n2C[C@@]1(C)C(=O)NC1CCCCCC1)c1ccccc1. The third-order valence-corrected chi connectivity index (χ3v) is 7.84. The maximum absolute atomic E-state index is 13.9. The van der Waals surface area contributed by atoms with Crippen LogP contribution in [0.15, 0.2) is 60.7 Å². The van der Waals surface area contributed by atoms with Crippen LogP contribution in [0.2, 0.25) is 0 Å². The predicted octanol–water partition coefficient (Wildman–Crippen LogP) is 5.50. The first-order chi connectivity index (χ1) is 16.5. The van der Waals surface area contributed by atoms with Gasteiger partial charge < -0.3 is 14.8 Å². The van der Waals surface area contributed by atoms with Gasteiger partial charge in [0.2, 0.25) is 5.91 Å². The highest BCUT2D eigenvalue weighted by Gasteiger charge is 2.48. The summed E-state index contributed by atoms with van der Waals surface area (Å²) >= 11 is 0. The van der Waals surface area contributed by atoms with Gasteiger partial charge in [-0.1, -0.05) is 81.1 Å². The van der Waals surface area contributed by atoms with Crippen LogP contribution in [0.25, 0.3) is 10.9 Å². The molecule has 0 radical (unpaired) electrons. The van der Waals surface area contributed by atoms with E-state index in [1.54, 1.807) is 0 Å². The van der Waals surface area contributed by atoms with E-state index in [0.29, 0.717) is 18.8 Å². The molecule has 2 aromatic carbocycles. The average Bonchev–Trinajstić information content (AvgIpc) is 3.02. The number of carbonyl (C=O) groups excluding carboxylic acids is 2. The molecular weight excluding hydrogens is 422 g/mol. The summed E-state index contributed by atoms with van der Waals surface area (Å²) in [5.74, 6) is 0.0197. The van der Waals surface area contributed by atoms with Gasteiger partial charge in [-0.15, -0.1) is 0 Å². The first-order valence-corrected chi connectivity index (χ1v) is 12.7. The number of benzene rings is 2. The molecule has 178 valence electrons. The Hall–Kier alpha value is -3.08. The van der Waals surface area contributed by atoms with Gasteiger partial charge in [0.05, 0.1) is 6.54 Å². The van der Waals surface area contributed by atoms with Crippen molar-refractivity contribution in [1.29, 1.82) is 0 Å². The number of hydrogen-bond donors (Lipinski definition) is 1. The molecule has 5 nitrogen and oxygen atoms in total. The molecule has 1 N–H and O–H groups in total. The summed E-state index contributed by atoms with van der Waals surface area (Å²) < 4.78 is 2.05. The van der Waals surface area contributed by atoms with Crippen LogP contribution in [-0.2, 0) is 11.3 Å². The van der Waals surface area contributed by atoms with E-state index >= 15 is 0 Å². The van der Waals surface area contributed by atoms with Crippen LogP contribution in [-0.4, -0.2) is 39.4 Å². The standard InChI is InChI=1S/C29H35N3O2/c1-21(22-12-6-5-7-13-22)19-32-27(33)26-18-23-14-10-11-17-25(23)31(26)20-29(32,2)28(34)30-24-15-8-3-4-9-16-24/h5-7,10-14,17-18,21,24H,3-4,8-9,15-16,19-20H2,1-2H3,(H,30,34)/t21-,29+/m1/s1. The van der Waals surface area contributed by atoms with E-state index in [2.05, 4.69) is 24.4 Å². The monoisotopic (exact) mass is 457 g/mol. The van der Waals surface area contributed by atoms with Crippen LogP contribution >= 0.6 is 0 Å². The molecule has 1 aromatic heterocycles. The summed E-state index contributed by atoms with van der Waals surface area (Å²) in [7, 11) is 0. The molecule has 2 atom stereocenters. The number of nitrogens with zero attached hydrogens (tertiary/aromatic N) is 2. The Morgan fingerprint density at radius 3 is 2.44 bits per heavy atom. The zero-order valence-corrected chi connectivity index (χ0v) is 20.3. The molecule has 0 bridgehead atoms. The van der Waals surface area contributed by atoms with Gasteiger partial charge in [-0.05, 0) is 43.4 Å². The Kier molecular flexibility index (Phi) is 6.20. The highest BCUT2D eigenvalue weighted by atomic mass is 16.2. The Bertz CT molecular complexity index is 1180. The fourth-order valence-electron chi connectivity index (χ4n) is 5.72. The van der Waals surface area contributed by atoms with E-state index < -0.39 is 5.54 Å². The lowest BCUT2D eigenvalue weighted by Gasteiger charge is -2.45. The molecule has 0 spiro atoms. The second-order valence-electron chi connectivity index (χ2n) is 10.3. The van der Waals surface area contributed by atoms with Crippen LogP contribution in [0.1, 0.15) is 74.3 Å². The van der Waals surface area contributed by atoms with E-state index in [1.807, 2.05) is 64.9 Å². The summed E-state index contributed by atoms with van der Waals surface area (Å²) in [4.78, 5) is 29.7. The van der Waals surface area contributed by atoms with E-state index in [4.69, 9.17) is 0 Å². The van der Waals surface area contributed by atoms with Crippen molar-refractivity contribution in [1.82, 2.24) is 14.8 Å². The second kappa shape index (κ2) is 9.28. The van der Waals surface area contributed by atoms with Gasteiger partial charge in [0.25, 0.3) is 5.91 Å². The number of para-hydroxylation sites is 1. The summed E-state index contributed by atoms with van der Waals surface area (Å²) in [6, 6.07) is 20.5. The fraction of sp³-hybridized carbons (Fsp3) is 0.448. The van der Waals surface area contributed by atoms with Crippen LogP contribution < -0.4 is 5.32 Å². The van der Waals surface area contributed by atoms with E-state index in [1.165, 1.54) is 18.4 Å². The summed E-state index contributed by atoms with van der Waals surface area (Å²) in [5, 5.41) is 4.39. The van der Waals surface area contributed by atoms with Crippen LogP contribution in [0, 0.1) is 0 Å². The molecule has 1 fully saturated rings. The van der Waals surface area contributed by atoms with Crippen molar-refractivity contribution in [3.05, 3.63) is 71.9 Å². The zero-order chi connectivity index (χ0) is 23.7. The first-order valence-electron chi connectivity index (χ1n) is 12.7. The molecule has 34 heavy (non-hydrogen) atoms. The number of aromatic nitrogens is 1.